The first kappa shape index (κ1) is 15.0. The number of rotatable bonds is 7. The number of thioether (sulfide) groups is 1. The van der Waals surface area contributed by atoms with Crippen LogP contribution in [0, 0.1) is 0 Å². The largest absolute Gasteiger partial charge is 0.395 e. The van der Waals surface area contributed by atoms with Crippen LogP contribution < -0.4 is 0 Å². The van der Waals surface area contributed by atoms with Crippen LogP contribution in [0.1, 0.15) is 15.9 Å². The van der Waals surface area contributed by atoms with Gasteiger partial charge in [0.05, 0.1) is 13.2 Å². The van der Waals surface area contributed by atoms with E-state index in [4.69, 9.17) is 10.2 Å². The molecule has 0 bridgehead atoms. The van der Waals surface area contributed by atoms with Gasteiger partial charge in [-0.05, 0) is 24.0 Å². The monoisotopic (exact) mass is 269 g/mol. The van der Waals surface area contributed by atoms with Crippen LogP contribution in [0.25, 0.3) is 0 Å². The number of aliphatic hydroxyl groups is 2. The third kappa shape index (κ3) is 4.33. The van der Waals surface area contributed by atoms with E-state index in [0.29, 0.717) is 5.56 Å². The van der Waals surface area contributed by atoms with Gasteiger partial charge in [0.2, 0.25) is 0 Å². The van der Waals surface area contributed by atoms with Crippen molar-refractivity contribution in [3.8, 4) is 0 Å². The van der Waals surface area contributed by atoms with Crippen LogP contribution in [0.2, 0.25) is 0 Å². The van der Waals surface area contributed by atoms with E-state index >= 15 is 0 Å². The molecule has 5 heteroatoms. The minimum atomic E-state index is -0.152. The molecular formula is C13H19NO3S. The lowest BCUT2D eigenvalue weighted by molar-refractivity contribution is 0.0684. The molecule has 18 heavy (non-hydrogen) atoms. The maximum atomic E-state index is 12.2. The van der Waals surface area contributed by atoms with E-state index in [-0.39, 0.29) is 32.2 Å². The zero-order valence-corrected chi connectivity index (χ0v) is 11.3. The molecule has 1 rings (SSSR count). The van der Waals surface area contributed by atoms with E-state index in [1.807, 2.05) is 24.5 Å². The second-order valence-electron chi connectivity index (χ2n) is 3.87. The van der Waals surface area contributed by atoms with Crippen molar-refractivity contribution in [1.82, 2.24) is 4.90 Å². The lowest BCUT2D eigenvalue weighted by Gasteiger charge is -2.20. The van der Waals surface area contributed by atoms with Crippen LogP contribution in [0.3, 0.4) is 0 Å². The van der Waals surface area contributed by atoms with Crippen LogP contribution in [0.4, 0.5) is 0 Å². The molecule has 1 aromatic carbocycles. The maximum absolute atomic E-state index is 12.2. The fraction of sp³-hybridized carbons (Fsp3) is 0.462. The summed E-state index contributed by atoms with van der Waals surface area (Å²) in [5, 5.41) is 17.8. The summed E-state index contributed by atoms with van der Waals surface area (Å²) in [5.41, 5.74) is 1.70. The normalized spacial score (nSPS) is 10.4. The zero-order chi connectivity index (χ0) is 13.4. The number of carbonyl (C=O) groups is 1. The highest BCUT2D eigenvalue weighted by Gasteiger charge is 2.14. The molecule has 4 nitrogen and oxygen atoms in total. The van der Waals surface area contributed by atoms with Crippen molar-refractivity contribution >= 4 is 17.7 Å². The fourth-order valence-corrected chi connectivity index (χ4v) is 2.21. The standard InChI is InChI=1S/C13H19NO3S/c1-18-10-11-3-2-4-12(9-11)13(17)14(5-7-15)6-8-16/h2-4,9,15-16H,5-8,10H2,1H3. The number of aliphatic hydroxyl groups excluding tert-OH is 2. The van der Waals surface area contributed by atoms with E-state index in [0.717, 1.165) is 11.3 Å². The van der Waals surface area contributed by atoms with E-state index in [2.05, 4.69) is 0 Å². The summed E-state index contributed by atoms with van der Waals surface area (Å²) < 4.78 is 0. The van der Waals surface area contributed by atoms with Gasteiger partial charge >= 0.3 is 0 Å². The number of benzene rings is 1. The highest BCUT2D eigenvalue weighted by atomic mass is 32.2. The maximum Gasteiger partial charge on any atom is 0.254 e. The molecule has 1 amide bonds. The predicted octanol–water partition coefficient (Wildman–Crippen LogP) is 0.976. The minimum Gasteiger partial charge on any atom is -0.395 e. The van der Waals surface area contributed by atoms with E-state index in [1.165, 1.54) is 4.90 Å². The molecule has 0 aromatic heterocycles. The summed E-state index contributed by atoms with van der Waals surface area (Å²) >= 11 is 1.70. The summed E-state index contributed by atoms with van der Waals surface area (Å²) in [6, 6.07) is 7.46. The summed E-state index contributed by atoms with van der Waals surface area (Å²) in [6.45, 7) is 0.283. The fourth-order valence-electron chi connectivity index (χ4n) is 1.70. The molecule has 0 radical (unpaired) electrons. The lowest BCUT2D eigenvalue weighted by Crippen LogP contribution is -2.35. The van der Waals surface area contributed by atoms with Crippen molar-refractivity contribution in [3.05, 3.63) is 35.4 Å². The van der Waals surface area contributed by atoms with E-state index in [9.17, 15) is 4.79 Å². The summed E-state index contributed by atoms with van der Waals surface area (Å²) in [5.74, 6) is 0.710. The second kappa shape index (κ2) is 8.13. The van der Waals surface area contributed by atoms with Gasteiger partial charge in [-0.1, -0.05) is 12.1 Å². The van der Waals surface area contributed by atoms with Gasteiger partial charge in [0.1, 0.15) is 0 Å². The van der Waals surface area contributed by atoms with Crippen LogP contribution in [-0.4, -0.2) is 53.6 Å². The first-order chi connectivity index (χ1) is 8.72. The number of hydrogen-bond acceptors (Lipinski definition) is 4. The molecule has 2 N–H and O–H groups in total. The molecule has 0 fully saturated rings. The molecule has 0 saturated heterocycles. The number of hydrogen-bond donors (Lipinski definition) is 2. The van der Waals surface area contributed by atoms with E-state index in [1.54, 1.807) is 17.8 Å². The number of carbonyl (C=O) groups excluding carboxylic acids is 1. The SMILES string of the molecule is CSCc1cccc(C(=O)N(CCO)CCO)c1. The zero-order valence-electron chi connectivity index (χ0n) is 10.5. The third-order valence-electron chi connectivity index (χ3n) is 2.51. The predicted molar refractivity (Wildman–Crippen MR) is 73.7 cm³/mol. The Labute approximate surface area is 112 Å². The first-order valence-corrected chi connectivity index (χ1v) is 7.21. The van der Waals surface area contributed by atoms with Crippen LogP contribution in [0.5, 0.6) is 0 Å². The Morgan fingerprint density at radius 3 is 2.50 bits per heavy atom. The smallest absolute Gasteiger partial charge is 0.254 e. The van der Waals surface area contributed by atoms with Gasteiger partial charge in [-0.3, -0.25) is 4.79 Å². The molecule has 0 aliphatic heterocycles. The Kier molecular flexibility index (Phi) is 6.78. The Bertz CT molecular complexity index is 378. The molecule has 100 valence electrons. The average molecular weight is 269 g/mol. The van der Waals surface area contributed by atoms with Gasteiger partial charge in [0.25, 0.3) is 5.91 Å². The minimum absolute atomic E-state index is 0.101. The van der Waals surface area contributed by atoms with Crippen LogP contribution in [-0.2, 0) is 5.75 Å². The lowest BCUT2D eigenvalue weighted by atomic mass is 10.1. The highest BCUT2D eigenvalue weighted by Crippen LogP contribution is 2.13. The van der Waals surface area contributed by atoms with Crippen molar-refractivity contribution in [1.29, 1.82) is 0 Å². The van der Waals surface area contributed by atoms with Crippen molar-refractivity contribution in [2.45, 2.75) is 5.75 Å². The Morgan fingerprint density at radius 1 is 1.28 bits per heavy atom. The molecule has 0 aliphatic rings. The molecule has 0 aliphatic carbocycles. The average Bonchev–Trinajstić information content (AvgIpc) is 2.38. The Balaban J connectivity index is 2.82. The quantitative estimate of drug-likeness (QED) is 0.774. The number of nitrogens with zero attached hydrogens (tertiary/aromatic N) is 1. The summed E-state index contributed by atoms with van der Waals surface area (Å²) in [4.78, 5) is 13.6. The van der Waals surface area contributed by atoms with Gasteiger partial charge in [-0.15, -0.1) is 0 Å². The van der Waals surface area contributed by atoms with Crippen molar-refractivity contribution < 1.29 is 15.0 Å². The van der Waals surface area contributed by atoms with Gasteiger partial charge in [-0.25, -0.2) is 0 Å². The second-order valence-corrected chi connectivity index (χ2v) is 4.74. The Hall–Kier alpha value is -1.04. The molecule has 0 atom stereocenters. The van der Waals surface area contributed by atoms with Crippen LogP contribution in [0.15, 0.2) is 24.3 Å². The molecule has 1 aromatic rings. The molecule has 0 spiro atoms. The first-order valence-electron chi connectivity index (χ1n) is 5.81. The van der Waals surface area contributed by atoms with Gasteiger partial charge in [0, 0.05) is 24.4 Å². The number of amides is 1. The van der Waals surface area contributed by atoms with Gasteiger partial charge in [0.15, 0.2) is 0 Å². The van der Waals surface area contributed by atoms with Crippen molar-refractivity contribution in [2.24, 2.45) is 0 Å². The van der Waals surface area contributed by atoms with Crippen molar-refractivity contribution in [2.75, 3.05) is 32.6 Å². The van der Waals surface area contributed by atoms with Gasteiger partial charge in [-0.2, -0.15) is 11.8 Å². The van der Waals surface area contributed by atoms with Gasteiger partial charge < -0.3 is 15.1 Å². The summed E-state index contributed by atoms with van der Waals surface area (Å²) in [7, 11) is 0. The van der Waals surface area contributed by atoms with Crippen LogP contribution >= 0.6 is 11.8 Å². The molecule has 0 saturated carbocycles. The molecular weight excluding hydrogens is 250 g/mol. The highest BCUT2D eigenvalue weighted by molar-refractivity contribution is 7.97. The topological polar surface area (TPSA) is 60.8 Å². The Morgan fingerprint density at radius 2 is 1.94 bits per heavy atom. The molecule has 0 unspecified atom stereocenters. The summed E-state index contributed by atoms with van der Waals surface area (Å²) in [6.07, 6.45) is 2.01. The molecule has 0 heterocycles. The van der Waals surface area contributed by atoms with Crippen molar-refractivity contribution in [3.63, 3.8) is 0 Å². The third-order valence-corrected chi connectivity index (χ3v) is 3.13. The van der Waals surface area contributed by atoms with E-state index < -0.39 is 0 Å².